The number of aliphatic carboxylic acids is 1. The van der Waals surface area contributed by atoms with Gasteiger partial charge in [0, 0.05) is 35.4 Å². The monoisotopic (exact) mass is 840 g/mol. The molecule has 0 bridgehead atoms. The van der Waals surface area contributed by atoms with Crippen LogP contribution in [0.5, 0.6) is 23.0 Å². The summed E-state index contributed by atoms with van der Waals surface area (Å²) in [5.74, 6) is -6.47. The highest BCUT2D eigenvalue weighted by Crippen LogP contribution is 2.57. The summed E-state index contributed by atoms with van der Waals surface area (Å²) < 4.78 is 29.0. The van der Waals surface area contributed by atoms with Crippen molar-refractivity contribution in [3.63, 3.8) is 0 Å². The number of carbonyl (C=O) groups excluding carboxylic acids is 3. The predicted octanol–water partition coefficient (Wildman–Crippen LogP) is -0.658. The molecule has 0 aromatic heterocycles. The van der Waals surface area contributed by atoms with Crippen molar-refractivity contribution < 1.29 is 88.8 Å². The van der Waals surface area contributed by atoms with Crippen molar-refractivity contribution in [2.45, 2.75) is 81.3 Å². The van der Waals surface area contributed by atoms with E-state index in [4.69, 9.17) is 23.7 Å². The molecule has 2 aliphatic carbocycles. The first-order valence-electron chi connectivity index (χ1n) is 18.7. The van der Waals surface area contributed by atoms with Crippen molar-refractivity contribution in [2.24, 2.45) is 0 Å². The van der Waals surface area contributed by atoms with E-state index >= 15 is 0 Å². The molecule has 0 spiro atoms. The molecule has 3 aromatic carbocycles. The van der Waals surface area contributed by atoms with E-state index in [-0.39, 0.29) is 39.1 Å². The molecule has 1 amide bonds. The molecule has 11 atom stereocenters. The topological polar surface area (TPSA) is 312 Å². The molecule has 7 rings (SSSR count). The first-order valence-corrected chi connectivity index (χ1v) is 18.7. The molecule has 0 radical (unpaired) electrons. The van der Waals surface area contributed by atoms with Crippen LogP contribution in [-0.2, 0) is 23.7 Å². The van der Waals surface area contributed by atoms with Crippen LogP contribution < -0.4 is 10.1 Å². The Balaban J connectivity index is 1.37. The molecular weight excluding hydrogens is 796 g/mol. The highest BCUT2D eigenvalue weighted by atomic mass is 16.7. The summed E-state index contributed by atoms with van der Waals surface area (Å²) in [6, 6.07) is 3.89. The van der Waals surface area contributed by atoms with E-state index in [1.54, 1.807) is 6.92 Å². The number of ether oxygens (including phenoxy) is 5. The van der Waals surface area contributed by atoms with Gasteiger partial charge in [-0.2, -0.15) is 0 Å². The second-order valence-electron chi connectivity index (χ2n) is 15.1. The Morgan fingerprint density at radius 1 is 0.850 bits per heavy atom. The number of rotatable bonds is 9. The van der Waals surface area contributed by atoms with Gasteiger partial charge in [0.15, 0.2) is 24.1 Å². The lowest BCUT2D eigenvalue weighted by Crippen LogP contribution is -2.65. The third kappa shape index (κ3) is 6.83. The van der Waals surface area contributed by atoms with Crippen molar-refractivity contribution in [3.8, 4) is 34.1 Å². The summed E-state index contributed by atoms with van der Waals surface area (Å²) in [4.78, 5) is 54.2. The van der Waals surface area contributed by atoms with Gasteiger partial charge in [0.1, 0.15) is 72.3 Å². The fourth-order valence-electron chi connectivity index (χ4n) is 8.42. The Bertz CT molecular complexity index is 2280. The number of aliphatic hydroxyl groups excluding tert-OH is 5. The number of nitrogens with zero attached hydrogens (tertiary/aromatic N) is 1. The quantitative estimate of drug-likeness (QED) is 0.100. The number of aliphatic hydroxyl groups is 5. The molecule has 3 aromatic rings. The zero-order chi connectivity index (χ0) is 43.8. The second-order valence-corrected chi connectivity index (χ2v) is 15.1. The summed E-state index contributed by atoms with van der Waals surface area (Å²) in [5, 5.41) is 102. The highest BCUT2D eigenvalue weighted by molar-refractivity contribution is 6.31. The van der Waals surface area contributed by atoms with Crippen LogP contribution in [0.1, 0.15) is 78.0 Å². The van der Waals surface area contributed by atoms with E-state index in [0.29, 0.717) is 0 Å². The number of carboxylic acids is 1. The van der Waals surface area contributed by atoms with Gasteiger partial charge in [-0.05, 0) is 49.7 Å². The van der Waals surface area contributed by atoms with E-state index in [9.17, 15) is 65.1 Å². The van der Waals surface area contributed by atoms with Crippen LogP contribution >= 0.6 is 0 Å². The lowest BCUT2D eigenvalue weighted by molar-refractivity contribution is -0.339. The summed E-state index contributed by atoms with van der Waals surface area (Å²) >= 11 is 0. The summed E-state index contributed by atoms with van der Waals surface area (Å²) in [5.41, 5.74) is -3.25. The van der Waals surface area contributed by atoms with E-state index < -0.39 is 144 Å². The molecule has 2 fully saturated rings. The SMILES string of the molecule is CN[C@@H]1[C@H](O[C@@H]2OC[C@@H](O)[C@H](O)[C@H]2O)[C@@H](O)[C@H](O[C@H]2c3cc(C)c(C(=O)N(C)CC(=O)O)c(O)c3-c3c(cc4c(c3O)C(=O)c3cc(OC)cc(O)c3C4=O)[C@@H]2O)O[C@@H]1C. The number of benzene rings is 3. The zero-order valence-corrected chi connectivity index (χ0v) is 32.7. The summed E-state index contributed by atoms with van der Waals surface area (Å²) in [7, 11) is 3.98. The number of nitrogens with one attached hydrogen (secondary N) is 1. The molecular formula is C40H44N2O18. The van der Waals surface area contributed by atoms with E-state index in [1.807, 2.05) is 0 Å². The van der Waals surface area contributed by atoms with Gasteiger partial charge in [-0.25, -0.2) is 0 Å². The number of aryl methyl sites for hydroxylation is 1. The van der Waals surface area contributed by atoms with Gasteiger partial charge in [0.05, 0.1) is 42.6 Å². The smallest absolute Gasteiger partial charge is 0.323 e. The van der Waals surface area contributed by atoms with E-state index in [1.165, 1.54) is 40.3 Å². The van der Waals surface area contributed by atoms with Crippen LogP contribution in [0, 0.1) is 6.92 Å². The summed E-state index contributed by atoms with van der Waals surface area (Å²) in [6.45, 7) is 1.82. The van der Waals surface area contributed by atoms with Gasteiger partial charge in [-0.3, -0.25) is 19.2 Å². The van der Waals surface area contributed by atoms with Crippen molar-refractivity contribution in [1.82, 2.24) is 10.2 Å². The van der Waals surface area contributed by atoms with Gasteiger partial charge < -0.3 is 79.9 Å². The van der Waals surface area contributed by atoms with Gasteiger partial charge in [0.2, 0.25) is 0 Å². The van der Waals surface area contributed by atoms with Crippen LogP contribution in [0.2, 0.25) is 0 Å². The maximum Gasteiger partial charge on any atom is 0.323 e. The van der Waals surface area contributed by atoms with Gasteiger partial charge in [-0.15, -0.1) is 0 Å². The van der Waals surface area contributed by atoms with Gasteiger partial charge in [-0.1, -0.05) is 6.07 Å². The molecule has 20 heteroatoms. The minimum absolute atomic E-state index is 0.0183. The number of amides is 1. The minimum Gasteiger partial charge on any atom is -0.507 e. The zero-order valence-electron chi connectivity index (χ0n) is 32.7. The number of carboxylic acid groups (broad SMARTS) is 1. The standard InChI is InChI=1S/C40H44N2O18/c1-12-6-18-25(32(51)22(12)38(55)42(4)10-21(45)46)24-16(9-17-26(33(24)52)29(48)15-7-14(56-5)8-19(43)23(15)28(17)47)30(49)36(18)59-40-35(54)37(27(41-3)13(2)58-40)60-39-34(53)31(50)20(44)11-57-39/h6-9,13,20,27,30-31,34-37,39-41,43-44,49-54H,10-11H2,1-5H3,(H,45,46)/t13-,20-,27+,30+,31+,34-,35-,36+,37+,39+,40+/m1/s1. The van der Waals surface area contributed by atoms with Crippen LogP contribution in [0.25, 0.3) is 11.1 Å². The van der Waals surface area contributed by atoms with Crippen LogP contribution in [0.15, 0.2) is 24.3 Å². The Morgan fingerprint density at radius 2 is 1.50 bits per heavy atom. The van der Waals surface area contributed by atoms with Crippen molar-refractivity contribution in [1.29, 1.82) is 0 Å². The third-order valence-electron chi connectivity index (χ3n) is 11.4. The van der Waals surface area contributed by atoms with Crippen LogP contribution in [-0.4, -0.2) is 164 Å². The molecule has 10 N–H and O–H groups in total. The predicted molar refractivity (Wildman–Crippen MR) is 201 cm³/mol. The number of hydrogen-bond acceptors (Lipinski definition) is 18. The van der Waals surface area contributed by atoms with Crippen molar-refractivity contribution >= 4 is 23.4 Å². The van der Waals surface area contributed by atoms with Crippen LogP contribution in [0.4, 0.5) is 0 Å². The fraction of sp³-hybridized carbons (Fsp3) is 0.450. The number of methoxy groups -OCH3 is 1. The Morgan fingerprint density at radius 3 is 2.15 bits per heavy atom. The molecule has 20 nitrogen and oxygen atoms in total. The second kappa shape index (κ2) is 16.0. The molecule has 4 aliphatic rings. The van der Waals surface area contributed by atoms with Gasteiger partial charge in [0.25, 0.3) is 5.91 Å². The Kier molecular flexibility index (Phi) is 11.4. The van der Waals surface area contributed by atoms with E-state index in [0.717, 1.165) is 17.0 Å². The molecule has 2 saturated heterocycles. The Hall–Kier alpha value is -5.26. The largest absolute Gasteiger partial charge is 0.507 e. The number of carbonyl (C=O) groups is 4. The lowest BCUT2D eigenvalue weighted by Gasteiger charge is -2.47. The van der Waals surface area contributed by atoms with Crippen molar-refractivity contribution in [2.75, 3.05) is 34.4 Å². The molecule has 322 valence electrons. The fourth-order valence-corrected chi connectivity index (χ4v) is 8.42. The maximum atomic E-state index is 14.1. The van der Waals surface area contributed by atoms with E-state index in [2.05, 4.69) is 5.32 Å². The summed E-state index contributed by atoms with van der Waals surface area (Å²) in [6.07, 6.45) is -15.5. The number of fused-ring (bicyclic) bond motifs is 5. The molecule has 0 unspecified atom stereocenters. The van der Waals surface area contributed by atoms with Gasteiger partial charge >= 0.3 is 5.97 Å². The number of ketones is 2. The number of phenolic OH excluding ortho intramolecular Hbond substituents is 3. The maximum absolute atomic E-state index is 14.1. The number of hydrogen-bond donors (Lipinski definition) is 10. The third-order valence-corrected chi connectivity index (χ3v) is 11.4. The molecule has 0 saturated carbocycles. The number of aromatic hydroxyl groups is 3. The molecule has 60 heavy (non-hydrogen) atoms. The Labute approximate surface area is 340 Å². The average Bonchev–Trinajstić information content (AvgIpc) is 3.19. The number of phenols is 3. The average molecular weight is 841 g/mol. The first kappa shape index (κ1) is 42.8. The molecule has 2 aliphatic heterocycles. The van der Waals surface area contributed by atoms with Crippen molar-refractivity contribution in [3.05, 3.63) is 68.8 Å². The molecule has 2 heterocycles. The normalized spacial score (nSPS) is 29.5. The minimum atomic E-state index is -1.89. The number of likely N-dealkylation sites (N-methyl/N-ethyl adjacent to an activating group) is 2. The first-order chi connectivity index (χ1) is 28.3. The highest BCUT2D eigenvalue weighted by Gasteiger charge is 2.51. The lowest BCUT2D eigenvalue weighted by atomic mass is 9.74. The van der Waals surface area contributed by atoms with Crippen LogP contribution in [0.3, 0.4) is 0 Å².